The third-order valence-corrected chi connectivity index (χ3v) is 9.63. The van der Waals surface area contributed by atoms with Gasteiger partial charge in [-0.05, 0) is 62.1 Å². The molecule has 2 aromatic rings. The number of piperidine rings is 1. The molecular formula is C33H42N4O2S2. The van der Waals surface area contributed by atoms with Crippen LogP contribution in [-0.4, -0.2) is 39.3 Å². The second-order valence-corrected chi connectivity index (χ2v) is 12.8. The molecule has 0 atom stereocenters. The van der Waals surface area contributed by atoms with Crippen molar-refractivity contribution in [1.82, 2.24) is 9.47 Å². The Kier molecular flexibility index (Phi) is 11.2. The van der Waals surface area contributed by atoms with Gasteiger partial charge in [-0.3, -0.25) is 19.1 Å². The van der Waals surface area contributed by atoms with Crippen molar-refractivity contribution in [3.63, 3.8) is 0 Å². The molecule has 2 fully saturated rings. The Balaban J connectivity index is 1.69. The Morgan fingerprint density at radius 2 is 1.73 bits per heavy atom. The summed E-state index contributed by atoms with van der Waals surface area (Å²) < 4.78 is 2.38. The molecule has 2 aliphatic heterocycles. The molecular weight excluding hydrogens is 549 g/mol. The predicted octanol–water partition coefficient (Wildman–Crippen LogP) is 7.07. The molecule has 0 radical (unpaired) electrons. The zero-order valence-electron chi connectivity index (χ0n) is 24.7. The van der Waals surface area contributed by atoms with Gasteiger partial charge in [-0.1, -0.05) is 93.8 Å². The number of hydrogen-bond donors (Lipinski definition) is 0. The minimum Gasteiger partial charge on any atom is -0.357 e. The third-order valence-electron chi connectivity index (χ3n) is 8.25. The van der Waals surface area contributed by atoms with E-state index in [1.54, 1.807) is 9.47 Å². The van der Waals surface area contributed by atoms with E-state index in [0.29, 0.717) is 33.8 Å². The minimum absolute atomic E-state index is 0.0757. The van der Waals surface area contributed by atoms with E-state index in [1.165, 1.54) is 17.3 Å². The largest absolute Gasteiger partial charge is 0.357 e. The number of rotatable bonds is 12. The van der Waals surface area contributed by atoms with Crippen molar-refractivity contribution in [2.75, 3.05) is 24.5 Å². The van der Waals surface area contributed by atoms with Crippen molar-refractivity contribution in [3.8, 4) is 6.07 Å². The van der Waals surface area contributed by atoms with Crippen molar-refractivity contribution in [2.45, 2.75) is 85.1 Å². The highest BCUT2D eigenvalue weighted by molar-refractivity contribution is 8.26. The summed E-state index contributed by atoms with van der Waals surface area (Å²) in [5.41, 5.74) is 2.72. The molecule has 0 aliphatic carbocycles. The maximum atomic E-state index is 13.6. The van der Waals surface area contributed by atoms with Crippen LogP contribution in [-0.2, 0) is 17.8 Å². The van der Waals surface area contributed by atoms with Crippen LogP contribution in [0.25, 0.3) is 6.08 Å². The molecule has 0 N–H and O–H groups in total. The summed E-state index contributed by atoms with van der Waals surface area (Å²) in [4.78, 5) is 31.7. The van der Waals surface area contributed by atoms with E-state index in [2.05, 4.69) is 55.1 Å². The molecule has 2 aliphatic rings. The molecule has 0 spiro atoms. The van der Waals surface area contributed by atoms with Crippen LogP contribution in [0.4, 0.5) is 5.82 Å². The van der Waals surface area contributed by atoms with Crippen LogP contribution in [0.1, 0.15) is 87.5 Å². The van der Waals surface area contributed by atoms with E-state index in [9.17, 15) is 14.9 Å². The molecule has 8 heteroatoms. The number of unbranched alkanes of at least 4 members (excludes halogenated alkanes) is 4. The summed E-state index contributed by atoms with van der Waals surface area (Å²) >= 11 is 6.94. The van der Waals surface area contributed by atoms with Crippen LogP contribution in [0, 0.1) is 24.2 Å². The highest BCUT2D eigenvalue weighted by atomic mass is 32.2. The first-order valence-electron chi connectivity index (χ1n) is 15.1. The number of amides is 1. The fourth-order valence-corrected chi connectivity index (χ4v) is 7.12. The zero-order chi connectivity index (χ0) is 29.4. The molecule has 4 rings (SSSR count). The maximum Gasteiger partial charge on any atom is 0.270 e. The van der Waals surface area contributed by atoms with Gasteiger partial charge >= 0.3 is 0 Å². The second kappa shape index (κ2) is 14.8. The number of carbonyl (C=O) groups excluding carboxylic acids is 1. The number of thioether (sulfide) groups is 1. The van der Waals surface area contributed by atoms with Gasteiger partial charge in [0.25, 0.3) is 11.5 Å². The highest BCUT2D eigenvalue weighted by Gasteiger charge is 2.33. The van der Waals surface area contributed by atoms with Gasteiger partial charge in [0.2, 0.25) is 0 Å². The van der Waals surface area contributed by atoms with E-state index >= 15 is 0 Å². The molecule has 218 valence electrons. The average Bonchev–Trinajstić information content (AvgIpc) is 3.24. The number of carbonyl (C=O) groups is 1. The molecule has 41 heavy (non-hydrogen) atoms. The van der Waals surface area contributed by atoms with Crippen molar-refractivity contribution in [2.24, 2.45) is 5.92 Å². The van der Waals surface area contributed by atoms with Gasteiger partial charge in [-0.25, -0.2) is 0 Å². The van der Waals surface area contributed by atoms with E-state index in [1.807, 2.05) is 13.0 Å². The van der Waals surface area contributed by atoms with Crippen molar-refractivity contribution >= 4 is 46.1 Å². The lowest BCUT2D eigenvalue weighted by Gasteiger charge is -2.36. The molecule has 1 aromatic carbocycles. The fraction of sp³-hybridized carbons (Fsp3) is 0.515. The predicted molar refractivity (Wildman–Crippen MR) is 174 cm³/mol. The summed E-state index contributed by atoms with van der Waals surface area (Å²) in [6.45, 7) is 8.94. The number of benzene rings is 1. The number of hydrogen-bond acceptors (Lipinski definition) is 6. The molecule has 0 bridgehead atoms. The second-order valence-electron chi connectivity index (χ2n) is 11.2. The topological polar surface area (TPSA) is 69.3 Å². The number of nitrogens with zero attached hydrogens (tertiary/aromatic N) is 4. The molecule has 0 saturated carbocycles. The van der Waals surface area contributed by atoms with Gasteiger partial charge in [0, 0.05) is 31.7 Å². The first-order valence-corrected chi connectivity index (χ1v) is 16.3. The van der Waals surface area contributed by atoms with E-state index < -0.39 is 0 Å². The zero-order valence-corrected chi connectivity index (χ0v) is 26.3. The van der Waals surface area contributed by atoms with Crippen LogP contribution in [0.5, 0.6) is 0 Å². The molecule has 6 nitrogen and oxygen atoms in total. The SMILES string of the molecule is CCCCCCN1C(=O)/C(=C/c2c(C)c(C#N)c(=O)n(CCCC)c2N2CCC(Cc3ccccc3)CC2)SC1=S. The van der Waals surface area contributed by atoms with Crippen molar-refractivity contribution in [1.29, 1.82) is 5.26 Å². The highest BCUT2D eigenvalue weighted by Crippen LogP contribution is 2.37. The summed E-state index contributed by atoms with van der Waals surface area (Å²) in [7, 11) is 0. The van der Waals surface area contributed by atoms with Crippen molar-refractivity contribution in [3.05, 3.63) is 67.8 Å². The first-order chi connectivity index (χ1) is 19.9. The number of pyridine rings is 1. The standard InChI is InChI=1S/C33H42N4O2S2/c1-4-6-8-12-18-37-32(39)29(41-33(37)40)22-27-24(3)28(23-34)31(38)36(17-7-5-2)30(27)35-19-15-26(16-20-35)21-25-13-10-9-11-14-25/h9-11,13-14,22,26H,4-8,12,15-21H2,1-3H3/b29-22-. The van der Waals surface area contributed by atoms with Crippen LogP contribution < -0.4 is 10.5 Å². The summed E-state index contributed by atoms with van der Waals surface area (Å²) in [6.07, 6.45) is 11.1. The molecule has 1 aromatic heterocycles. The van der Waals surface area contributed by atoms with Gasteiger partial charge < -0.3 is 4.90 Å². The smallest absolute Gasteiger partial charge is 0.270 e. The Morgan fingerprint density at radius 3 is 2.39 bits per heavy atom. The fourth-order valence-electron chi connectivity index (χ4n) is 5.83. The lowest BCUT2D eigenvalue weighted by Crippen LogP contribution is -2.40. The van der Waals surface area contributed by atoms with Crippen LogP contribution in [0.2, 0.25) is 0 Å². The first kappa shape index (κ1) is 31.1. The minimum atomic E-state index is -0.236. The van der Waals surface area contributed by atoms with Crippen LogP contribution in [0.15, 0.2) is 40.0 Å². The van der Waals surface area contributed by atoms with Gasteiger partial charge in [0.1, 0.15) is 21.8 Å². The molecule has 0 unspecified atom stereocenters. The Bertz CT molecular complexity index is 1370. The van der Waals surface area contributed by atoms with Gasteiger partial charge in [0.15, 0.2) is 0 Å². The number of nitriles is 1. The number of thiocarbonyl (C=S) groups is 1. The van der Waals surface area contributed by atoms with Crippen LogP contribution in [0.3, 0.4) is 0 Å². The summed E-state index contributed by atoms with van der Waals surface area (Å²) in [5.74, 6) is 1.34. The van der Waals surface area contributed by atoms with E-state index in [4.69, 9.17) is 12.2 Å². The maximum absolute atomic E-state index is 13.6. The summed E-state index contributed by atoms with van der Waals surface area (Å²) in [5, 5.41) is 9.99. The third kappa shape index (κ3) is 7.31. The lowest BCUT2D eigenvalue weighted by atomic mass is 9.90. The van der Waals surface area contributed by atoms with Gasteiger partial charge in [0.05, 0.1) is 4.91 Å². The van der Waals surface area contributed by atoms with E-state index in [-0.39, 0.29) is 17.0 Å². The molecule has 3 heterocycles. The average molecular weight is 591 g/mol. The molecule has 1 amide bonds. The van der Waals surface area contributed by atoms with Crippen molar-refractivity contribution < 1.29 is 4.79 Å². The molecule has 2 saturated heterocycles. The lowest BCUT2D eigenvalue weighted by molar-refractivity contribution is -0.122. The van der Waals surface area contributed by atoms with Crippen LogP contribution >= 0.6 is 24.0 Å². The Labute approximate surface area is 254 Å². The number of anilines is 1. The monoisotopic (exact) mass is 590 g/mol. The Hall–Kier alpha value is -2.89. The van der Waals surface area contributed by atoms with Gasteiger partial charge in [-0.2, -0.15) is 5.26 Å². The Morgan fingerprint density at radius 1 is 1.02 bits per heavy atom. The van der Waals surface area contributed by atoms with Gasteiger partial charge in [-0.15, -0.1) is 0 Å². The number of aromatic nitrogens is 1. The van der Waals surface area contributed by atoms with E-state index in [0.717, 1.165) is 82.3 Å². The quantitative estimate of drug-likeness (QED) is 0.150. The summed E-state index contributed by atoms with van der Waals surface area (Å²) in [6, 6.07) is 12.8. The normalized spacial score (nSPS) is 17.1.